The molecule has 0 saturated heterocycles. The summed E-state index contributed by atoms with van der Waals surface area (Å²) in [5.41, 5.74) is 1.07. The quantitative estimate of drug-likeness (QED) is 0.791. The smallest absolute Gasteiger partial charge is 0.268 e. The van der Waals surface area contributed by atoms with Crippen LogP contribution in [-0.4, -0.2) is 28.6 Å². The number of rotatable bonds is 4. The van der Waals surface area contributed by atoms with E-state index in [0.717, 1.165) is 0 Å². The standard InChI is InChI=1S/C14H17FN2O2/c1-8(2)13(7-18)17-14(19)12-6-9-5-10(15)3-4-11(9)16-12/h3-6,8,13,16,18H,7H2,1-2H3,(H,17,19). The fourth-order valence-corrected chi connectivity index (χ4v) is 1.90. The number of amides is 1. The van der Waals surface area contributed by atoms with E-state index in [-0.39, 0.29) is 30.3 Å². The van der Waals surface area contributed by atoms with Crippen molar-refractivity contribution in [2.24, 2.45) is 5.92 Å². The molecule has 1 aromatic heterocycles. The lowest BCUT2D eigenvalue weighted by atomic mass is 10.1. The van der Waals surface area contributed by atoms with Gasteiger partial charge in [-0.05, 0) is 30.2 Å². The zero-order valence-corrected chi connectivity index (χ0v) is 10.9. The lowest BCUT2D eigenvalue weighted by molar-refractivity contribution is 0.0892. The van der Waals surface area contributed by atoms with E-state index in [1.807, 2.05) is 13.8 Å². The van der Waals surface area contributed by atoms with E-state index in [4.69, 9.17) is 0 Å². The van der Waals surface area contributed by atoms with Crippen LogP contribution in [0, 0.1) is 11.7 Å². The zero-order valence-electron chi connectivity index (χ0n) is 10.9. The highest BCUT2D eigenvalue weighted by Gasteiger charge is 2.17. The Bertz CT molecular complexity index is 592. The summed E-state index contributed by atoms with van der Waals surface area (Å²) in [6, 6.07) is 5.60. The van der Waals surface area contributed by atoms with Gasteiger partial charge in [-0.15, -0.1) is 0 Å². The molecule has 0 spiro atoms. The number of hydrogen-bond acceptors (Lipinski definition) is 2. The summed E-state index contributed by atoms with van der Waals surface area (Å²) in [6.45, 7) is 3.72. The fourth-order valence-electron chi connectivity index (χ4n) is 1.90. The van der Waals surface area contributed by atoms with Crippen LogP contribution < -0.4 is 5.32 Å². The van der Waals surface area contributed by atoms with Gasteiger partial charge in [0.05, 0.1) is 12.6 Å². The number of carbonyl (C=O) groups excluding carboxylic acids is 1. The molecule has 19 heavy (non-hydrogen) atoms. The second kappa shape index (κ2) is 5.40. The number of aromatic nitrogens is 1. The van der Waals surface area contributed by atoms with Gasteiger partial charge >= 0.3 is 0 Å². The predicted octanol–water partition coefficient (Wildman–Crippen LogP) is 2.05. The van der Waals surface area contributed by atoms with E-state index in [9.17, 15) is 14.3 Å². The van der Waals surface area contributed by atoms with Gasteiger partial charge in [0.1, 0.15) is 11.5 Å². The maximum atomic E-state index is 13.1. The van der Waals surface area contributed by atoms with Crippen LogP contribution in [0.25, 0.3) is 10.9 Å². The van der Waals surface area contributed by atoms with Crippen LogP contribution in [0.1, 0.15) is 24.3 Å². The van der Waals surface area contributed by atoms with E-state index >= 15 is 0 Å². The normalized spacial score (nSPS) is 12.9. The minimum Gasteiger partial charge on any atom is -0.394 e. The number of nitrogens with one attached hydrogen (secondary N) is 2. The van der Waals surface area contributed by atoms with E-state index in [0.29, 0.717) is 16.6 Å². The lowest BCUT2D eigenvalue weighted by Gasteiger charge is -2.19. The molecule has 0 fully saturated rings. The second-order valence-corrected chi connectivity index (χ2v) is 4.92. The molecule has 1 atom stereocenters. The van der Waals surface area contributed by atoms with Crippen LogP contribution in [0.4, 0.5) is 4.39 Å². The summed E-state index contributed by atoms with van der Waals surface area (Å²) in [7, 11) is 0. The van der Waals surface area contributed by atoms with Gasteiger partial charge in [-0.25, -0.2) is 4.39 Å². The summed E-state index contributed by atoms with van der Waals surface area (Å²) >= 11 is 0. The number of carbonyl (C=O) groups is 1. The number of aliphatic hydroxyl groups excluding tert-OH is 1. The van der Waals surface area contributed by atoms with Gasteiger partial charge in [-0.2, -0.15) is 0 Å². The topological polar surface area (TPSA) is 65.1 Å². The Balaban J connectivity index is 2.21. The van der Waals surface area contributed by atoms with Crippen molar-refractivity contribution in [2.75, 3.05) is 6.61 Å². The molecule has 1 unspecified atom stereocenters. The zero-order chi connectivity index (χ0) is 14.0. The minimum absolute atomic E-state index is 0.113. The molecule has 4 nitrogen and oxygen atoms in total. The van der Waals surface area contributed by atoms with Crippen molar-refractivity contribution >= 4 is 16.8 Å². The van der Waals surface area contributed by atoms with E-state index < -0.39 is 0 Å². The minimum atomic E-state index is -0.339. The first-order valence-corrected chi connectivity index (χ1v) is 6.21. The van der Waals surface area contributed by atoms with E-state index in [2.05, 4.69) is 10.3 Å². The molecule has 1 amide bonds. The second-order valence-electron chi connectivity index (χ2n) is 4.92. The molecule has 1 aromatic carbocycles. The van der Waals surface area contributed by atoms with Crippen molar-refractivity contribution < 1.29 is 14.3 Å². The Hall–Kier alpha value is -1.88. The van der Waals surface area contributed by atoms with Crippen molar-refractivity contribution in [1.82, 2.24) is 10.3 Å². The number of halogens is 1. The number of H-pyrrole nitrogens is 1. The highest BCUT2D eigenvalue weighted by atomic mass is 19.1. The summed E-state index contributed by atoms with van der Waals surface area (Å²) in [6.07, 6.45) is 0. The van der Waals surface area contributed by atoms with Crippen LogP contribution in [0.3, 0.4) is 0 Å². The Kier molecular flexibility index (Phi) is 3.85. The molecule has 102 valence electrons. The maximum Gasteiger partial charge on any atom is 0.268 e. The Labute approximate surface area is 110 Å². The van der Waals surface area contributed by atoms with Crippen LogP contribution in [0.2, 0.25) is 0 Å². The van der Waals surface area contributed by atoms with Crippen LogP contribution in [-0.2, 0) is 0 Å². The summed E-state index contributed by atoms with van der Waals surface area (Å²) < 4.78 is 13.1. The van der Waals surface area contributed by atoms with Gasteiger partial charge in [-0.1, -0.05) is 13.8 Å². The van der Waals surface area contributed by atoms with Crippen molar-refractivity contribution in [3.63, 3.8) is 0 Å². The first-order chi connectivity index (χ1) is 9.01. The van der Waals surface area contributed by atoms with Crippen molar-refractivity contribution in [3.05, 3.63) is 35.8 Å². The molecular formula is C14H17FN2O2. The van der Waals surface area contributed by atoms with Crippen molar-refractivity contribution in [3.8, 4) is 0 Å². The lowest BCUT2D eigenvalue weighted by Crippen LogP contribution is -2.41. The molecule has 0 aliphatic heterocycles. The summed E-state index contributed by atoms with van der Waals surface area (Å²) in [4.78, 5) is 15.0. The molecule has 5 heteroatoms. The van der Waals surface area contributed by atoms with Crippen LogP contribution in [0.15, 0.2) is 24.3 Å². The Morgan fingerprint density at radius 2 is 2.16 bits per heavy atom. The molecule has 2 aromatic rings. The molecule has 0 radical (unpaired) electrons. The SMILES string of the molecule is CC(C)C(CO)NC(=O)c1cc2cc(F)ccc2[nH]1. The highest BCUT2D eigenvalue weighted by molar-refractivity contribution is 5.98. The predicted molar refractivity (Wildman–Crippen MR) is 71.4 cm³/mol. The highest BCUT2D eigenvalue weighted by Crippen LogP contribution is 2.17. The van der Waals surface area contributed by atoms with Crippen molar-refractivity contribution in [2.45, 2.75) is 19.9 Å². The molecule has 1 heterocycles. The van der Waals surface area contributed by atoms with Gasteiger partial charge in [0.2, 0.25) is 0 Å². The van der Waals surface area contributed by atoms with Gasteiger partial charge in [-0.3, -0.25) is 4.79 Å². The summed E-state index contributed by atoms with van der Waals surface area (Å²) in [5.74, 6) is -0.506. The number of fused-ring (bicyclic) bond motifs is 1. The fraction of sp³-hybridized carbons (Fsp3) is 0.357. The third-order valence-electron chi connectivity index (χ3n) is 3.15. The molecule has 2 rings (SSSR count). The molecule has 0 aliphatic rings. The van der Waals surface area contributed by atoms with Crippen LogP contribution >= 0.6 is 0 Å². The van der Waals surface area contributed by atoms with E-state index in [1.54, 1.807) is 12.1 Å². The maximum absolute atomic E-state index is 13.1. The summed E-state index contributed by atoms with van der Waals surface area (Å²) in [5, 5.41) is 12.6. The first-order valence-electron chi connectivity index (χ1n) is 6.21. The van der Waals surface area contributed by atoms with Gasteiger partial charge in [0.25, 0.3) is 5.91 Å². The van der Waals surface area contributed by atoms with Gasteiger partial charge in [0, 0.05) is 10.9 Å². The third-order valence-corrected chi connectivity index (χ3v) is 3.15. The Morgan fingerprint density at radius 3 is 2.79 bits per heavy atom. The number of aliphatic hydroxyl groups is 1. The molecule has 3 N–H and O–H groups in total. The molecular weight excluding hydrogens is 247 g/mol. The average Bonchev–Trinajstić information content (AvgIpc) is 2.78. The third kappa shape index (κ3) is 2.93. The largest absolute Gasteiger partial charge is 0.394 e. The monoisotopic (exact) mass is 264 g/mol. The van der Waals surface area contributed by atoms with Gasteiger partial charge < -0.3 is 15.4 Å². The molecule has 0 saturated carbocycles. The molecule has 0 bridgehead atoms. The van der Waals surface area contributed by atoms with Crippen LogP contribution in [0.5, 0.6) is 0 Å². The number of hydrogen-bond donors (Lipinski definition) is 3. The van der Waals surface area contributed by atoms with Crippen molar-refractivity contribution in [1.29, 1.82) is 0 Å². The van der Waals surface area contributed by atoms with E-state index in [1.165, 1.54) is 12.1 Å². The number of aromatic amines is 1. The molecule has 0 aliphatic carbocycles. The number of benzene rings is 1. The first kappa shape index (κ1) is 13.5. The van der Waals surface area contributed by atoms with Gasteiger partial charge in [0.15, 0.2) is 0 Å². The average molecular weight is 264 g/mol. The Morgan fingerprint density at radius 1 is 1.42 bits per heavy atom.